The highest BCUT2D eigenvalue weighted by atomic mass is 17.2. The quantitative estimate of drug-likeness (QED) is 0.349. The van der Waals surface area contributed by atoms with Crippen LogP contribution in [0.2, 0.25) is 0 Å². The van der Waals surface area contributed by atoms with Crippen molar-refractivity contribution in [2.45, 2.75) is 20.8 Å². The zero-order chi connectivity index (χ0) is 11.1. The number of hydrogen-bond acceptors (Lipinski definition) is 7. The van der Waals surface area contributed by atoms with E-state index in [9.17, 15) is 14.4 Å². The maximum atomic E-state index is 10.4. The van der Waals surface area contributed by atoms with Crippen molar-refractivity contribution in [2.24, 2.45) is 0 Å². The summed E-state index contributed by atoms with van der Waals surface area (Å²) in [5.74, 6) is -2.26. The third kappa shape index (κ3) is 7.10. The second-order valence-electron chi connectivity index (χ2n) is 2.18. The minimum Gasteiger partial charge on any atom is -0.472 e. The van der Waals surface area contributed by atoms with Crippen LogP contribution < -0.4 is 0 Å². The summed E-state index contributed by atoms with van der Waals surface area (Å²) in [7, 11) is -1.67. The number of hydrogen-bond donors (Lipinski definition) is 0. The minimum atomic E-state index is -1.67. The molecule has 0 radical (unpaired) electrons. The van der Waals surface area contributed by atoms with Crippen molar-refractivity contribution in [3.05, 3.63) is 0 Å². The summed E-state index contributed by atoms with van der Waals surface area (Å²) in [4.78, 5) is 39.4. The van der Waals surface area contributed by atoms with Gasteiger partial charge < -0.3 is 14.2 Å². The monoisotopic (exact) mass is 204 g/mol. The predicted molar refractivity (Wildman–Crippen MR) is 42.1 cm³/mol. The minimum absolute atomic E-state index is 0.747. The molecule has 0 saturated carbocycles. The maximum Gasteiger partial charge on any atom is 0.830 e. The summed E-state index contributed by atoms with van der Waals surface area (Å²) < 4.78 is 8.66. The molecule has 0 aromatic rings. The van der Waals surface area contributed by atoms with Crippen LogP contribution in [0.5, 0.6) is 0 Å². The predicted octanol–water partition coefficient (Wildman–Crippen LogP) is -0.408. The van der Waals surface area contributed by atoms with E-state index in [0.717, 1.165) is 20.8 Å². The highest BCUT2D eigenvalue weighted by Crippen LogP contribution is 1.95. The van der Waals surface area contributed by atoms with Gasteiger partial charge in [0.2, 0.25) is 0 Å². The molecular weight excluding hydrogens is 195 g/mol. The first-order valence-electron chi connectivity index (χ1n) is 3.60. The standard InChI is InChI=1S/C6H9BO7/c1-4(8)11-7(12-5(2)9)14-13-6(3)10/h1-3H3. The normalized spacial score (nSPS) is 8.79. The van der Waals surface area contributed by atoms with Gasteiger partial charge in [0, 0.05) is 20.8 Å². The summed E-state index contributed by atoms with van der Waals surface area (Å²) in [6, 6.07) is 0. The molecule has 0 fully saturated rings. The second kappa shape index (κ2) is 5.98. The summed E-state index contributed by atoms with van der Waals surface area (Å²) >= 11 is 0. The molecule has 0 N–H and O–H groups in total. The topological polar surface area (TPSA) is 88.1 Å². The van der Waals surface area contributed by atoms with Gasteiger partial charge in [-0.05, 0) is 0 Å². The van der Waals surface area contributed by atoms with Crippen molar-refractivity contribution in [1.82, 2.24) is 0 Å². The largest absolute Gasteiger partial charge is 0.830 e. The third-order valence-electron chi connectivity index (χ3n) is 0.768. The molecule has 0 saturated heterocycles. The first-order valence-corrected chi connectivity index (χ1v) is 3.60. The van der Waals surface area contributed by atoms with Crippen LogP contribution in [0.25, 0.3) is 0 Å². The number of carbonyl (C=O) groups excluding carboxylic acids is 3. The molecule has 0 bridgehead atoms. The van der Waals surface area contributed by atoms with Gasteiger partial charge in [-0.2, -0.15) is 4.81 Å². The van der Waals surface area contributed by atoms with Crippen LogP contribution in [0.4, 0.5) is 0 Å². The Morgan fingerprint density at radius 2 is 1.29 bits per heavy atom. The Labute approximate surface area is 80.4 Å². The highest BCUT2D eigenvalue weighted by molar-refractivity contribution is 6.41. The van der Waals surface area contributed by atoms with Gasteiger partial charge in [0.05, 0.1) is 0 Å². The average molecular weight is 204 g/mol. The van der Waals surface area contributed by atoms with Gasteiger partial charge >= 0.3 is 13.3 Å². The van der Waals surface area contributed by atoms with E-state index in [1.54, 1.807) is 0 Å². The molecule has 0 aromatic heterocycles. The Balaban J connectivity index is 4.03. The molecule has 0 aromatic carbocycles. The Morgan fingerprint density at radius 1 is 0.857 bits per heavy atom. The zero-order valence-electron chi connectivity index (χ0n) is 7.94. The van der Waals surface area contributed by atoms with Crippen molar-refractivity contribution in [3.63, 3.8) is 0 Å². The van der Waals surface area contributed by atoms with Gasteiger partial charge in [-0.1, -0.05) is 0 Å². The Morgan fingerprint density at radius 3 is 1.57 bits per heavy atom. The van der Waals surface area contributed by atoms with Crippen LogP contribution in [0.3, 0.4) is 0 Å². The number of rotatable bonds is 4. The number of carbonyl (C=O) groups is 3. The van der Waals surface area contributed by atoms with Gasteiger partial charge in [0.1, 0.15) is 0 Å². The molecular formula is C6H9BO7. The summed E-state index contributed by atoms with van der Waals surface area (Å²) in [5.41, 5.74) is 0. The lowest BCUT2D eigenvalue weighted by atomic mass is 10.2. The van der Waals surface area contributed by atoms with E-state index in [2.05, 4.69) is 19.0 Å². The molecule has 0 atom stereocenters. The summed E-state index contributed by atoms with van der Waals surface area (Å²) in [6.45, 7) is 3.22. The Bertz CT molecular complexity index is 222. The van der Waals surface area contributed by atoms with Crippen LogP contribution in [0, 0.1) is 0 Å². The smallest absolute Gasteiger partial charge is 0.472 e. The Kier molecular flexibility index (Phi) is 5.31. The van der Waals surface area contributed by atoms with Crippen molar-refractivity contribution >= 4 is 25.2 Å². The lowest BCUT2D eigenvalue weighted by molar-refractivity contribution is -0.230. The first-order chi connectivity index (χ1) is 6.41. The molecule has 0 amide bonds. The molecule has 0 unspecified atom stereocenters. The molecule has 7 nitrogen and oxygen atoms in total. The fraction of sp³-hybridized carbons (Fsp3) is 0.500. The average Bonchev–Trinajstić information content (AvgIpc) is 1.97. The lowest BCUT2D eigenvalue weighted by Gasteiger charge is -2.08. The van der Waals surface area contributed by atoms with E-state index in [4.69, 9.17) is 0 Å². The van der Waals surface area contributed by atoms with Crippen molar-refractivity contribution in [1.29, 1.82) is 0 Å². The summed E-state index contributed by atoms with van der Waals surface area (Å²) in [6.07, 6.45) is 0. The lowest BCUT2D eigenvalue weighted by Crippen LogP contribution is -2.31. The van der Waals surface area contributed by atoms with Gasteiger partial charge in [0.15, 0.2) is 0 Å². The molecule has 78 valence electrons. The van der Waals surface area contributed by atoms with Crippen molar-refractivity contribution in [3.8, 4) is 0 Å². The third-order valence-corrected chi connectivity index (χ3v) is 0.768. The fourth-order valence-electron chi connectivity index (χ4n) is 0.441. The van der Waals surface area contributed by atoms with Gasteiger partial charge in [0.25, 0.3) is 11.9 Å². The van der Waals surface area contributed by atoms with E-state index < -0.39 is 25.2 Å². The zero-order valence-corrected chi connectivity index (χ0v) is 7.94. The van der Waals surface area contributed by atoms with Gasteiger partial charge in [-0.25, -0.2) is 4.79 Å². The fourth-order valence-corrected chi connectivity index (χ4v) is 0.441. The maximum absolute atomic E-state index is 10.4. The van der Waals surface area contributed by atoms with Crippen LogP contribution in [0.15, 0.2) is 0 Å². The van der Waals surface area contributed by atoms with E-state index in [1.165, 1.54) is 0 Å². The molecule has 8 heteroatoms. The molecule has 0 aliphatic heterocycles. The first kappa shape index (κ1) is 12.4. The molecule has 14 heavy (non-hydrogen) atoms. The van der Waals surface area contributed by atoms with E-state index in [1.807, 2.05) is 0 Å². The highest BCUT2D eigenvalue weighted by Gasteiger charge is 2.32. The van der Waals surface area contributed by atoms with Crippen LogP contribution in [-0.4, -0.2) is 25.2 Å². The van der Waals surface area contributed by atoms with Gasteiger partial charge in [-0.3, -0.25) is 9.59 Å². The van der Waals surface area contributed by atoms with E-state index >= 15 is 0 Å². The van der Waals surface area contributed by atoms with Crippen LogP contribution >= 0.6 is 0 Å². The summed E-state index contributed by atoms with van der Waals surface area (Å²) in [5, 5.41) is 0. The molecule has 0 aliphatic rings. The Hall–Kier alpha value is -1.57. The molecule has 0 aliphatic carbocycles. The van der Waals surface area contributed by atoms with Crippen LogP contribution in [0.1, 0.15) is 20.8 Å². The molecule has 0 rings (SSSR count). The van der Waals surface area contributed by atoms with Crippen LogP contribution in [-0.2, 0) is 33.4 Å². The molecule has 0 heterocycles. The van der Waals surface area contributed by atoms with Crippen molar-refractivity contribution < 1.29 is 33.4 Å². The van der Waals surface area contributed by atoms with E-state index in [0.29, 0.717) is 0 Å². The van der Waals surface area contributed by atoms with E-state index in [-0.39, 0.29) is 0 Å². The SMILES string of the molecule is CC(=O)OOB(OC(C)=O)OC(C)=O. The van der Waals surface area contributed by atoms with Crippen molar-refractivity contribution in [2.75, 3.05) is 0 Å². The second-order valence-corrected chi connectivity index (χ2v) is 2.18. The van der Waals surface area contributed by atoms with Gasteiger partial charge in [-0.15, -0.1) is 0 Å². The molecule has 0 spiro atoms.